The Kier molecular flexibility index (Phi) is 4.16. The molecule has 1 aromatic carbocycles. The third-order valence-electron chi connectivity index (χ3n) is 2.57. The molecule has 7 nitrogen and oxygen atoms in total. The lowest BCUT2D eigenvalue weighted by molar-refractivity contribution is 0.0697. The molecule has 0 bridgehead atoms. The van der Waals surface area contributed by atoms with Gasteiger partial charge in [-0.05, 0) is 17.7 Å². The van der Waals surface area contributed by atoms with E-state index in [2.05, 4.69) is 14.7 Å². The zero-order chi connectivity index (χ0) is 14.6. The number of imidazole rings is 1. The molecule has 0 spiro atoms. The Labute approximate surface area is 115 Å². The monoisotopic (exact) mass is 295 g/mol. The second kappa shape index (κ2) is 5.85. The molecule has 1 aromatic heterocycles. The molecule has 0 radical (unpaired) electrons. The minimum Gasteiger partial charge on any atom is -0.478 e. The van der Waals surface area contributed by atoms with Crippen LogP contribution < -0.4 is 4.72 Å². The molecule has 20 heavy (non-hydrogen) atoms. The van der Waals surface area contributed by atoms with Crippen LogP contribution in [-0.2, 0) is 22.3 Å². The Morgan fingerprint density at radius 2 is 2.00 bits per heavy atom. The molecule has 2 rings (SSSR count). The van der Waals surface area contributed by atoms with Crippen LogP contribution in [0, 0.1) is 0 Å². The maximum absolute atomic E-state index is 11.8. The summed E-state index contributed by atoms with van der Waals surface area (Å²) in [5.41, 5.74) is 0.636. The van der Waals surface area contributed by atoms with Gasteiger partial charge in [-0.15, -0.1) is 0 Å². The smallest absolute Gasteiger partial charge is 0.335 e. The van der Waals surface area contributed by atoms with Crippen molar-refractivity contribution in [1.82, 2.24) is 14.7 Å². The predicted molar refractivity (Wildman–Crippen MR) is 71.5 cm³/mol. The van der Waals surface area contributed by atoms with Gasteiger partial charge in [0.1, 0.15) is 5.82 Å². The Balaban J connectivity index is 1.98. The summed E-state index contributed by atoms with van der Waals surface area (Å²) in [5.74, 6) is -0.738. The molecule has 0 aliphatic carbocycles. The lowest BCUT2D eigenvalue weighted by Gasteiger charge is -2.05. The molecule has 0 amide bonds. The molecule has 8 heteroatoms. The standard InChI is InChI=1S/C12H13N3O4S/c16-12(17)10-3-1-9(2-4-10)8-20(18,19)15-7-11-13-5-6-14-11/h1-6,15H,7-8H2,(H,13,14)(H,16,17). The van der Waals surface area contributed by atoms with E-state index < -0.39 is 16.0 Å². The first kappa shape index (κ1) is 14.2. The van der Waals surface area contributed by atoms with E-state index in [4.69, 9.17) is 5.11 Å². The topological polar surface area (TPSA) is 112 Å². The third-order valence-corrected chi connectivity index (χ3v) is 3.87. The number of carboxylic acids is 1. The molecular weight excluding hydrogens is 282 g/mol. The van der Waals surface area contributed by atoms with Crippen LogP contribution in [0.4, 0.5) is 0 Å². The lowest BCUT2D eigenvalue weighted by Crippen LogP contribution is -2.25. The molecule has 106 valence electrons. The summed E-state index contributed by atoms with van der Waals surface area (Å²) in [6.07, 6.45) is 3.14. The average molecular weight is 295 g/mol. The molecule has 0 aliphatic rings. The number of aromatic nitrogens is 2. The highest BCUT2D eigenvalue weighted by molar-refractivity contribution is 7.88. The van der Waals surface area contributed by atoms with Crippen molar-refractivity contribution in [1.29, 1.82) is 0 Å². The summed E-state index contributed by atoms with van der Waals surface area (Å²) in [7, 11) is -3.50. The summed E-state index contributed by atoms with van der Waals surface area (Å²) in [6.45, 7) is 0.0859. The molecule has 0 aliphatic heterocycles. The van der Waals surface area contributed by atoms with Crippen LogP contribution in [0.2, 0.25) is 0 Å². The predicted octanol–water partition coefficient (Wildman–Crippen LogP) is 0.727. The Hall–Kier alpha value is -2.19. The molecule has 0 fully saturated rings. The van der Waals surface area contributed by atoms with E-state index in [0.717, 1.165) is 0 Å². The lowest BCUT2D eigenvalue weighted by atomic mass is 10.1. The van der Waals surface area contributed by atoms with Gasteiger partial charge < -0.3 is 10.1 Å². The van der Waals surface area contributed by atoms with E-state index in [9.17, 15) is 13.2 Å². The van der Waals surface area contributed by atoms with E-state index >= 15 is 0 Å². The first-order valence-corrected chi connectivity index (χ1v) is 7.39. The number of carbonyl (C=O) groups is 1. The van der Waals surface area contributed by atoms with Crippen molar-refractivity contribution >= 4 is 16.0 Å². The second-order valence-corrected chi connectivity index (χ2v) is 5.92. The van der Waals surface area contributed by atoms with Crippen molar-refractivity contribution in [2.45, 2.75) is 12.3 Å². The van der Waals surface area contributed by atoms with Crippen LogP contribution in [0.5, 0.6) is 0 Å². The van der Waals surface area contributed by atoms with Crippen molar-refractivity contribution in [2.75, 3.05) is 0 Å². The van der Waals surface area contributed by atoms with Gasteiger partial charge in [0, 0.05) is 12.4 Å². The Morgan fingerprint density at radius 3 is 2.55 bits per heavy atom. The van der Waals surface area contributed by atoms with E-state index in [1.807, 2.05) is 0 Å². The van der Waals surface area contributed by atoms with Crippen molar-refractivity contribution < 1.29 is 18.3 Å². The van der Waals surface area contributed by atoms with Crippen molar-refractivity contribution in [3.63, 3.8) is 0 Å². The van der Waals surface area contributed by atoms with Gasteiger partial charge in [0.05, 0.1) is 17.9 Å². The molecule has 0 saturated heterocycles. The highest BCUT2D eigenvalue weighted by Gasteiger charge is 2.12. The Morgan fingerprint density at radius 1 is 1.30 bits per heavy atom. The van der Waals surface area contributed by atoms with Crippen molar-refractivity contribution in [3.05, 3.63) is 53.6 Å². The number of nitrogens with zero attached hydrogens (tertiary/aromatic N) is 1. The fraction of sp³-hybridized carbons (Fsp3) is 0.167. The van der Waals surface area contributed by atoms with E-state index in [1.165, 1.54) is 30.5 Å². The summed E-state index contributed by atoms with van der Waals surface area (Å²) >= 11 is 0. The maximum atomic E-state index is 11.8. The Bertz CT molecular complexity index is 678. The van der Waals surface area contributed by atoms with Gasteiger partial charge in [-0.3, -0.25) is 0 Å². The number of rotatable bonds is 6. The van der Waals surface area contributed by atoms with Crippen LogP contribution in [0.3, 0.4) is 0 Å². The minimum absolute atomic E-state index is 0.0859. The average Bonchev–Trinajstić information content (AvgIpc) is 2.90. The largest absolute Gasteiger partial charge is 0.478 e. The van der Waals surface area contributed by atoms with Gasteiger partial charge in [-0.1, -0.05) is 12.1 Å². The second-order valence-electron chi connectivity index (χ2n) is 4.12. The summed E-state index contributed by atoms with van der Waals surface area (Å²) in [5, 5.41) is 8.76. The van der Waals surface area contributed by atoms with Crippen LogP contribution in [0.15, 0.2) is 36.7 Å². The fourth-order valence-corrected chi connectivity index (χ4v) is 2.68. The van der Waals surface area contributed by atoms with Crippen LogP contribution >= 0.6 is 0 Å². The zero-order valence-electron chi connectivity index (χ0n) is 10.4. The van der Waals surface area contributed by atoms with Gasteiger partial charge in [-0.25, -0.2) is 22.9 Å². The van der Waals surface area contributed by atoms with Crippen molar-refractivity contribution in [2.24, 2.45) is 0 Å². The molecule has 3 N–H and O–H groups in total. The van der Waals surface area contributed by atoms with Crippen molar-refractivity contribution in [3.8, 4) is 0 Å². The van der Waals surface area contributed by atoms with Crippen LogP contribution in [-0.4, -0.2) is 29.5 Å². The third kappa shape index (κ3) is 3.90. The summed E-state index contributed by atoms with van der Waals surface area (Å²) in [6, 6.07) is 5.71. The number of carboxylic acid groups (broad SMARTS) is 1. The van der Waals surface area contributed by atoms with Gasteiger partial charge in [0.15, 0.2) is 0 Å². The van der Waals surface area contributed by atoms with Gasteiger partial charge in [-0.2, -0.15) is 0 Å². The number of nitrogens with one attached hydrogen (secondary N) is 2. The number of hydrogen-bond acceptors (Lipinski definition) is 4. The van der Waals surface area contributed by atoms with E-state index in [1.54, 1.807) is 6.20 Å². The number of hydrogen-bond donors (Lipinski definition) is 3. The first-order chi connectivity index (χ1) is 9.46. The van der Waals surface area contributed by atoms with Gasteiger partial charge in [0.25, 0.3) is 0 Å². The highest BCUT2D eigenvalue weighted by atomic mass is 32.2. The SMILES string of the molecule is O=C(O)c1ccc(CS(=O)(=O)NCc2ncc[nH]2)cc1. The molecule has 1 heterocycles. The number of benzene rings is 1. The van der Waals surface area contributed by atoms with Crippen LogP contribution in [0.25, 0.3) is 0 Å². The highest BCUT2D eigenvalue weighted by Crippen LogP contribution is 2.08. The van der Waals surface area contributed by atoms with Gasteiger partial charge >= 0.3 is 5.97 Å². The number of aromatic carboxylic acids is 1. The molecule has 0 unspecified atom stereocenters. The molecule has 0 atom stereocenters. The number of H-pyrrole nitrogens is 1. The van der Waals surface area contributed by atoms with E-state index in [0.29, 0.717) is 11.4 Å². The van der Waals surface area contributed by atoms with Crippen LogP contribution in [0.1, 0.15) is 21.7 Å². The normalized spacial score (nSPS) is 11.4. The maximum Gasteiger partial charge on any atom is 0.335 e. The van der Waals surface area contributed by atoms with Gasteiger partial charge in [0.2, 0.25) is 10.0 Å². The molecule has 0 saturated carbocycles. The van der Waals surface area contributed by atoms with E-state index in [-0.39, 0.29) is 17.9 Å². The number of aromatic amines is 1. The fourth-order valence-electron chi connectivity index (χ4n) is 1.59. The number of sulfonamides is 1. The summed E-state index contributed by atoms with van der Waals surface area (Å²) in [4.78, 5) is 17.4. The first-order valence-electron chi connectivity index (χ1n) is 5.74. The molecular formula is C12H13N3O4S. The molecule has 2 aromatic rings. The zero-order valence-corrected chi connectivity index (χ0v) is 11.2. The minimum atomic E-state index is -3.50. The summed E-state index contributed by atoms with van der Waals surface area (Å²) < 4.78 is 26.1. The quantitative estimate of drug-likeness (QED) is 0.727.